The van der Waals surface area contributed by atoms with E-state index in [0.29, 0.717) is 18.4 Å². The van der Waals surface area contributed by atoms with Crippen LogP contribution in [-0.2, 0) is 11.3 Å². The van der Waals surface area contributed by atoms with Gasteiger partial charge in [0.15, 0.2) is 0 Å². The number of fused-ring (bicyclic) bond motifs is 1. The molecule has 0 saturated heterocycles. The normalized spacial score (nSPS) is 19.2. The molecule has 2 unspecified atom stereocenters. The molecule has 2 N–H and O–H groups in total. The zero-order valence-electron chi connectivity index (χ0n) is 18.3. The van der Waals surface area contributed by atoms with Crippen LogP contribution in [0.4, 0.5) is 17.5 Å². The molecule has 8 heteroatoms. The highest BCUT2D eigenvalue weighted by atomic mass is 16.5. The molecule has 0 spiro atoms. The zero-order chi connectivity index (χ0) is 22.1. The summed E-state index contributed by atoms with van der Waals surface area (Å²) in [6.07, 6.45) is 1.59. The van der Waals surface area contributed by atoms with Gasteiger partial charge >= 0.3 is 0 Å². The van der Waals surface area contributed by atoms with Crippen LogP contribution in [-0.4, -0.2) is 39.0 Å². The van der Waals surface area contributed by atoms with Gasteiger partial charge in [-0.05, 0) is 56.7 Å². The van der Waals surface area contributed by atoms with Crippen LogP contribution in [0.15, 0.2) is 70.9 Å². The SMILES string of the molecule is CC1=NC(C)C2OC(c3ccc(Nc4nccc(NCc5cccc(C)c5)n4)cc3)=NN12. The van der Waals surface area contributed by atoms with Gasteiger partial charge in [-0.2, -0.15) is 4.98 Å². The molecule has 0 bridgehead atoms. The highest BCUT2D eigenvalue weighted by Crippen LogP contribution is 2.27. The minimum absolute atomic E-state index is 0.0705. The first-order valence-electron chi connectivity index (χ1n) is 10.6. The molecule has 8 nitrogen and oxygen atoms in total. The van der Waals surface area contributed by atoms with E-state index >= 15 is 0 Å². The number of hydrazone groups is 1. The Labute approximate surface area is 187 Å². The van der Waals surface area contributed by atoms with Gasteiger partial charge in [-0.3, -0.25) is 4.99 Å². The number of rotatable bonds is 6. The zero-order valence-corrected chi connectivity index (χ0v) is 18.3. The highest BCUT2D eigenvalue weighted by Gasteiger charge is 2.39. The molecule has 0 radical (unpaired) electrons. The van der Waals surface area contributed by atoms with E-state index < -0.39 is 0 Å². The standard InChI is InChI=1S/C24H25N7O/c1-15-5-4-6-18(13-15)14-26-21-11-12-25-24(29-21)28-20-9-7-19(8-10-20)22-30-31-17(3)27-16(2)23(31)32-22/h4-13,16,23H,14H2,1-3H3,(H2,25,26,28,29). The molecule has 0 saturated carbocycles. The van der Waals surface area contributed by atoms with Crippen molar-refractivity contribution in [1.29, 1.82) is 0 Å². The summed E-state index contributed by atoms with van der Waals surface area (Å²) in [5, 5.41) is 13.0. The van der Waals surface area contributed by atoms with E-state index in [1.807, 2.05) is 49.2 Å². The molecular formula is C24H25N7O. The fourth-order valence-corrected chi connectivity index (χ4v) is 3.80. The number of hydrogen-bond donors (Lipinski definition) is 2. The fourth-order valence-electron chi connectivity index (χ4n) is 3.80. The molecule has 3 heterocycles. The topological polar surface area (TPSA) is 87.0 Å². The minimum atomic E-state index is -0.147. The predicted octanol–water partition coefficient (Wildman–Crippen LogP) is 4.28. The van der Waals surface area contributed by atoms with Crippen LogP contribution in [0.3, 0.4) is 0 Å². The first-order valence-corrected chi connectivity index (χ1v) is 10.6. The highest BCUT2D eigenvalue weighted by molar-refractivity contribution is 5.97. The third-order valence-corrected chi connectivity index (χ3v) is 5.41. The maximum Gasteiger partial charge on any atom is 0.240 e. The number of amidine groups is 1. The van der Waals surface area contributed by atoms with Gasteiger partial charge in [0.1, 0.15) is 17.7 Å². The molecule has 1 aromatic heterocycles. The minimum Gasteiger partial charge on any atom is -0.448 e. The Hall–Kier alpha value is -3.94. The summed E-state index contributed by atoms with van der Waals surface area (Å²) in [5.74, 6) is 2.79. The Morgan fingerprint density at radius 2 is 1.91 bits per heavy atom. The van der Waals surface area contributed by atoms with Gasteiger partial charge in [-0.25, -0.2) is 9.99 Å². The number of ether oxygens (including phenoxy) is 1. The maximum absolute atomic E-state index is 6.01. The molecule has 2 aromatic carbocycles. The molecule has 2 aliphatic heterocycles. The second-order valence-corrected chi connectivity index (χ2v) is 7.99. The van der Waals surface area contributed by atoms with Crippen LogP contribution in [0, 0.1) is 6.92 Å². The van der Waals surface area contributed by atoms with Crippen molar-refractivity contribution in [3.63, 3.8) is 0 Å². The van der Waals surface area contributed by atoms with Crippen molar-refractivity contribution in [2.75, 3.05) is 10.6 Å². The Balaban J connectivity index is 1.23. The van der Waals surface area contributed by atoms with E-state index in [-0.39, 0.29) is 12.3 Å². The van der Waals surface area contributed by atoms with Gasteiger partial charge < -0.3 is 15.4 Å². The van der Waals surface area contributed by atoms with Gasteiger partial charge in [0, 0.05) is 24.0 Å². The van der Waals surface area contributed by atoms with Crippen molar-refractivity contribution in [3.05, 3.63) is 77.5 Å². The molecular weight excluding hydrogens is 402 g/mol. The largest absolute Gasteiger partial charge is 0.448 e. The molecule has 2 atom stereocenters. The van der Waals surface area contributed by atoms with Crippen LogP contribution in [0.2, 0.25) is 0 Å². The molecule has 5 rings (SSSR count). The molecule has 2 aliphatic rings. The number of aromatic nitrogens is 2. The van der Waals surface area contributed by atoms with Crippen LogP contribution in [0.1, 0.15) is 30.5 Å². The average Bonchev–Trinajstić information content (AvgIpc) is 3.34. The number of benzene rings is 2. The van der Waals surface area contributed by atoms with E-state index in [0.717, 1.165) is 22.9 Å². The lowest BCUT2D eigenvalue weighted by molar-refractivity contribution is 0.106. The van der Waals surface area contributed by atoms with Gasteiger partial charge in [0.2, 0.25) is 18.1 Å². The molecule has 3 aromatic rings. The number of nitrogens with one attached hydrogen (secondary N) is 2. The second kappa shape index (κ2) is 8.30. The van der Waals surface area contributed by atoms with E-state index in [2.05, 4.69) is 61.9 Å². The van der Waals surface area contributed by atoms with Crippen LogP contribution in [0.25, 0.3) is 0 Å². The summed E-state index contributed by atoms with van der Waals surface area (Å²) in [7, 11) is 0. The number of anilines is 3. The fraction of sp³-hybridized carbons (Fsp3) is 0.250. The van der Waals surface area contributed by atoms with E-state index in [4.69, 9.17) is 4.74 Å². The molecule has 0 fully saturated rings. The van der Waals surface area contributed by atoms with Crippen molar-refractivity contribution in [3.8, 4) is 0 Å². The number of hydrogen-bond acceptors (Lipinski definition) is 8. The lowest BCUT2D eigenvalue weighted by Crippen LogP contribution is -2.31. The smallest absolute Gasteiger partial charge is 0.240 e. The third kappa shape index (κ3) is 4.12. The van der Waals surface area contributed by atoms with Crippen LogP contribution >= 0.6 is 0 Å². The predicted molar refractivity (Wildman–Crippen MR) is 126 cm³/mol. The van der Waals surface area contributed by atoms with Crippen molar-refractivity contribution < 1.29 is 4.74 Å². The summed E-state index contributed by atoms with van der Waals surface area (Å²) in [4.78, 5) is 13.4. The first-order chi connectivity index (χ1) is 15.5. The van der Waals surface area contributed by atoms with Crippen LogP contribution in [0.5, 0.6) is 0 Å². The van der Waals surface area contributed by atoms with Gasteiger partial charge in [0.25, 0.3) is 0 Å². The monoisotopic (exact) mass is 427 g/mol. The van der Waals surface area contributed by atoms with E-state index in [1.54, 1.807) is 6.20 Å². The van der Waals surface area contributed by atoms with Crippen molar-refractivity contribution in [2.45, 2.75) is 39.6 Å². The quantitative estimate of drug-likeness (QED) is 0.611. The Kier molecular flexibility index (Phi) is 5.18. The summed E-state index contributed by atoms with van der Waals surface area (Å²) in [6, 6.07) is 18.2. The lowest BCUT2D eigenvalue weighted by atomic mass is 10.1. The summed E-state index contributed by atoms with van der Waals surface area (Å²) >= 11 is 0. The Morgan fingerprint density at radius 1 is 1.06 bits per heavy atom. The third-order valence-electron chi connectivity index (χ3n) is 5.41. The molecule has 162 valence electrons. The van der Waals surface area contributed by atoms with Gasteiger partial charge in [-0.1, -0.05) is 29.8 Å². The molecule has 32 heavy (non-hydrogen) atoms. The van der Waals surface area contributed by atoms with E-state index in [1.165, 1.54) is 11.1 Å². The number of aryl methyl sites for hydroxylation is 1. The number of aliphatic imine (C=N–C) groups is 1. The van der Waals surface area contributed by atoms with Crippen LogP contribution < -0.4 is 10.6 Å². The van der Waals surface area contributed by atoms with Crippen molar-refractivity contribution in [1.82, 2.24) is 15.0 Å². The maximum atomic E-state index is 6.01. The lowest BCUT2D eigenvalue weighted by Gasteiger charge is -2.15. The molecule has 0 amide bonds. The van der Waals surface area contributed by atoms with Crippen molar-refractivity contribution >= 4 is 29.2 Å². The Bertz CT molecular complexity index is 1190. The first kappa shape index (κ1) is 20.0. The van der Waals surface area contributed by atoms with Gasteiger partial charge in [0.05, 0.1) is 0 Å². The average molecular weight is 428 g/mol. The second-order valence-electron chi connectivity index (χ2n) is 7.99. The summed E-state index contributed by atoms with van der Waals surface area (Å²) in [6.45, 7) is 6.77. The van der Waals surface area contributed by atoms with Gasteiger partial charge in [-0.15, -0.1) is 5.10 Å². The summed E-state index contributed by atoms with van der Waals surface area (Å²) in [5.41, 5.74) is 4.25. The van der Waals surface area contributed by atoms with Crippen molar-refractivity contribution in [2.24, 2.45) is 10.1 Å². The number of nitrogens with zero attached hydrogens (tertiary/aromatic N) is 5. The Morgan fingerprint density at radius 3 is 2.69 bits per heavy atom. The molecule has 0 aliphatic carbocycles. The summed E-state index contributed by atoms with van der Waals surface area (Å²) < 4.78 is 6.01. The van der Waals surface area contributed by atoms with E-state index in [9.17, 15) is 0 Å².